The lowest BCUT2D eigenvalue weighted by Crippen LogP contribution is -2.17. The van der Waals surface area contributed by atoms with Crippen LogP contribution in [-0.4, -0.2) is 11.7 Å². The summed E-state index contributed by atoms with van der Waals surface area (Å²) in [4.78, 5) is 9.90. The summed E-state index contributed by atoms with van der Waals surface area (Å²) in [5, 5.41) is 4.43. The van der Waals surface area contributed by atoms with Crippen molar-refractivity contribution < 1.29 is 4.42 Å². The number of hydrogen-bond donors (Lipinski definition) is 1. The summed E-state index contributed by atoms with van der Waals surface area (Å²) in [5.41, 5.74) is 18.6. The summed E-state index contributed by atoms with van der Waals surface area (Å²) in [6.07, 6.45) is 0. The molecule has 1 aliphatic rings. The molecular weight excluding hydrogens is 574 g/mol. The third-order valence-corrected chi connectivity index (χ3v) is 9.15. The van der Waals surface area contributed by atoms with Crippen LogP contribution in [0.1, 0.15) is 16.7 Å². The molecule has 0 fully saturated rings. The normalized spacial score (nSPS) is 12.7. The molecule has 0 atom stereocenters. The molecule has 1 aromatic heterocycles. The second-order valence-electron chi connectivity index (χ2n) is 11.9. The summed E-state index contributed by atoms with van der Waals surface area (Å²) in [6.45, 7) is 0.500. The summed E-state index contributed by atoms with van der Waals surface area (Å²) >= 11 is 0. The van der Waals surface area contributed by atoms with Gasteiger partial charge in [0.05, 0.1) is 6.54 Å². The van der Waals surface area contributed by atoms with Gasteiger partial charge in [0.1, 0.15) is 17.0 Å². The molecule has 9 rings (SSSR count). The van der Waals surface area contributed by atoms with Crippen LogP contribution in [0.25, 0.3) is 66.1 Å². The quantitative estimate of drug-likeness (QED) is 0.157. The number of furan rings is 1. The van der Waals surface area contributed by atoms with E-state index in [2.05, 4.69) is 84.9 Å². The Morgan fingerprint density at radius 3 is 1.94 bits per heavy atom. The monoisotopic (exact) mass is 603 g/mol. The van der Waals surface area contributed by atoms with Crippen LogP contribution in [0.5, 0.6) is 0 Å². The smallest absolute Gasteiger partial charge is 0.157 e. The van der Waals surface area contributed by atoms with Crippen LogP contribution >= 0.6 is 0 Å². The van der Waals surface area contributed by atoms with E-state index in [1.807, 2.05) is 66.7 Å². The highest BCUT2D eigenvalue weighted by molar-refractivity contribution is 6.25. The van der Waals surface area contributed by atoms with E-state index in [0.29, 0.717) is 18.2 Å². The van der Waals surface area contributed by atoms with E-state index in [1.165, 1.54) is 33.0 Å². The van der Waals surface area contributed by atoms with Crippen LogP contribution in [0.15, 0.2) is 166 Å². The summed E-state index contributed by atoms with van der Waals surface area (Å²) in [5.74, 6) is 0.976. The molecule has 1 aliphatic carbocycles. The van der Waals surface area contributed by atoms with E-state index in [-0.39, 0.29) is 0 Å². The van der Waals surface area contributed by atoms with Gasteiger partial charge in [0, 0.05) is 27.5 Å². The second-order valence-corrected chi connectivity index (χ2v) is 11.9. The van der Waals surface area contributed by atoms with Gasteiger partial charge in [-0.15, -0.1) is 0 Å². The molecule has 0 amide bonds. The van der Waals surface area contributed by atoms with Crippen molar-refractivity contribution in [2.75, 3.05) is 0 Å². The largest absolute Gasteiger partial charge is 0.455 e. The molecule has 8 aromatic rings. The van der Waals surface area contributed by atoms with E-state index in [1.54, 1.807) is 0 Å². The Morgan fingerprint density at radius 2 is 1.13 bits per heavy atom. The van der Waals surface area contributed by atoms with Gasteiger partial charge in [-0.1, -0.05) is 133 Å². The molecule has 0 unspecified atom stereocenters. The first-order valence-corrected chi connectivity index (χ1v) is 15.8. The van der Waals surface area contributed by atoms with Crippen LogP contribution < -0.4 is 5.73 Å². The van der Waals surface area contributed by atoms with E-state index < -0.39 is 0 Å². The minimum atomic E-state index is 0.389. The van der Waals surface area contributed by atoms with Crippen molar-refractivity contribution in [2.45, 2.75) is 6.54 Å². The fourth-order valence-corrected chi connectivity index (χ4v) is 7.00. The van der Waals surface area contributed by atoms with Crippen LogP contribution in [-0.2, 0) is 6.54 Å². The van der Waals surface area contributed by atoms with Gasteiger partial charge in [-0.2, -0.15) is 0 Å². The van der Waals surface area contributed by atoms with Crippen LogP contribution in [0, 0.1) is 0 Å². The highest BCUT2D eigenvalue weighted by Gasteiger charge is 2.24. The molecule has 4 heteroatoms. The van der Waals surface area contributed by atoms with Crippen LogP contribution in [0.4, 0.5) is 0 Å². The number of benzene rings is 7. The third kappa shape index (κ3) is 4.45. The van der Waals surface area contributed by atoms with Crippen molar-refractivity contribution in [2.24, 2.45) is 15.7 Å². The van der Waals surface area contributed by atoms with Crippen molar-refractivity contribution >= 4 is 44.4 Å². The average molecular weight is 604 g/mol. The molecule has 0 saturated carbocycles. The molecule has 0 spiro atoms. The Balaban J connectivity index is 1.24. The molecular formula is C43H29N3O. The molecule has 222 valence electrons. The number of para-hydroxylation sites is 1. The maximum Gasteiger partial charge on any atom is 0.157 e. The number of fused-ring (bicyclic) bond motifs is 6. The van der Waals surface area contributed by atoms with Crippen molar-refractivity contribution in [3.05, 3.63) is 168 Å². The van der Waals surface area contributed by atoms with Crippen LogP contribution in [0.3, 0.4) is 0 Å². The van der Waals surface area contributed by atoms with Crippen molar-refractivity contribution in [3.8, 4) is 33.4 Å². The standard InChI is InChI=1S/C43H29N3O/c44-42(46-43(28-14-5-2-6-15-28)45-26-27-12-3-1-4-13-27)37-25-24-35(41-40(37)36-18-9-10-21-38(36)47-41)31-22-23-34-30-17-8-7-16-29(30)32-19-11-20-33(31)39(32)34/h1-25H,26H2,(H2,44,45,46). The zero-order valence-electron chi connectivity index (χ0n) is 25.5. The minimum Gasteiger partial charge on any atom is -0.455 e. The topological polar surface area (TPSA) is 63.9 Å². The Labute approximate surface area is 272 Å². The minimum absolute atomic E-state index is 0.389. The fourth-order valence-electron chi connectivity index (χ4n) is 7.00. The van der Waals surface area contributed by atoms with Crippen molar-refractivity contribution in [1.82, 2.24) is 0 Å². The predicted octanol–water partition coefficient (Wildman–Crippen LogP) is 10.4. The number of rotatable bonds is 5. The van der Waals surface area contributed by atoms with Gasteiger partial charge in [0.15, 0.2) is 5.84 Å². The molecule has 1 heterocycles. The number of amidine groups is 2. The number of hydrogen-bond acceptors (Lipinski definition) is 2. The van der Waals surface area contributed by atoms with Gasteiger partial charge >= 0.3 is 0 Å². The number of nitrogens with two attached hydrogens (primary N) is 1. The molecule has 0 saturated heterocycles. The molecule has 2 N–H and O–H groups in total. The lowest BCUT2D eigenvalue weighted by Gasteiger charge is -2.12. The molecule has 0 aliphatic heterocycles. The molecule has 7 aromatic carbocycles. The highest BCUT2D eigenvalue weighted by Crippen LogP contribution is 2.50. The maximum atomic E-state index is 6.92. The Kier molecular flexibility index (Phi) is 6.32. The molecule has 0 bridgehead atoms. The zero-order valence-corrected chi connectivity index (χ0v) is 25.5. The van der Waals surface area contributed by atoms with Gasteiger partial charge in [0.25, 0.3) is 0 Å². The highest BCUT2D eigenvalue weighted by atomic mass is 16.3. The summed E-state index contributed by atoms with van der Waals surface area (Å²) in [6, 6.07) is 52.3. The third-order valence-electron chi connectivity index (χ3n) is 9.15. The van der Waals surface area contributed by atoms with Gasteiger partial charge in [-0.3, -0.25) is 4.99 Å². The molecule has 47 heavy (non-hydrogen) atoms. The molecule has 4 nitrogen and oxygen atoms in total. The first kappa shape index (κ1) is 27.1. The van der Waals surface area contributed by atoms with E-state index in [4.69, 9.17) is 20.1 Å². The summed E-state index contributed by atoms with van der Waals surface area (Å²) in [7, 11) is 0. The molecule has 0 radical (unpaired) electrons. The fraction of sp³-hybridized carbons (Fsp3) is 0.0233. The SMILES string of the molecule is NC(=NC(=NCc1ccccc1)c1ccccc1)c1ccc(-c2ccc3c4c(cccc24)-c2ccccc2-3)c2oc3ccccc3c12. The first-order valence-electron chi connectivity index (χ1n) is 15.8. The summed E-state index contributed by atoms with van der Waals surface area (Å²) < 4.78 is 6.67. The van der Waals surface area contributed by atoms with Gasteiger partial charge < -0.3 is 10.2 Å². The lowest BCUT2D eigenvalue weighted by molar-refractivity contribution is 0.670. The van der Waals surface area contributed by atoms with Crippen molar-refractivity contribution in [1.29, 1.82) is 0 Å². The predicted molar refractivity (Wildman–Crippen MR) is 195 cm³/mol. The maximum absolute atomic E-state index is 6.92. The lowest BCUT2D eigenvalue weighted by atomic mass is 9.92. The van der Waals surface area contributed by atoms with E-state index in [9.17, 15) is 0 Å². The number of aliphatic imine (C=N–C) groups is 2. The zero-order chi connectivity index (χ0) is 31.3. The Morgan fingerprint density at radius 1 is 0.511 bits per heavy atom. The Hall–Kier alpha value is -6.26. The first-order chi connectivity index (χ1) is 23.2. The van der Waals surface area contributed by atoms with Gasteiger partial charge in [-0.25, -0.2) is 4.99 Å². The van der Waals surface area contributed by atoms with Crippen molar-refractivity contribution in [3.63, 3.8) is 0 Å². The number of nitrogens with zero attached hydrogens (tertiary/aromatic N) is 2. The van der Waals surface area contributed by atoms with E-state index >= 15 is 0 Å². The average Bonchev–Trinajstić information content (AvgIpc) is 3.68. The Bertz CT molecular complexity index is 2510. The van der Waals surface area contributed by atoms with Crippen LogP contribution in [0.2, 0.25) is 0 Å². The second kappa shape index (κ2) is 11.0. The van der Waals surface area contributed by atoms with E-state index in [0.717, 1.165) is 49.8 Å². The van der Waals surface area contributed by atoms with Gasteiger partial charge in [0.2, 0.25) is 0 Å². The van der Waals surface area contributed by atoms with Gasteiger partial charge in [-0.05, 0) is 62.4 Å².